The first-order valence-electron chi connectivity index (χ1n) is 9.10. The summed E-state index contributed by atoms with van der Waals surface area (Å²) in [6, 6.07) is 3.54. The summed E-state index contributed by atoms with van der Waals surface area (Å²) in [5, 5.41) is 16.6. The number of aliphatic hydroxyl groups excluding tert-OH is 1. The molecule has 4 N–H and O–H groups in total. The molecule has 0 radical (unpaired) electrons. The highest BCUT2D eigenvalue weighted by Crippen LogP contribution is 2.32. The third-order valence-electron chi connectivity index (χ3n) is 4.66. The molecule has 0 atom stereocenters. The van der Waals surface area contributed by atoms with E-state index in [1.807, 2.05) is 13.8 Å². The van der Waals surface area contributed by atoms with Gasteiger partial charge >= 0.3 is 0 Å². The number of aromatic nitrogens is 4. The van der Waals surface area contributed by atoms with Crippen molar-refractivity contribution in [3.8, 4) is 0 Å². The lowest BCUT2D eigenvalue weighted by Crippen LogP contribution is -2.25. The van der Waals surface area contributed by atoms with Crippen LogP contribution >= 0.6 is 0 Å². The van der Waals surface area contributed by atoms with Crippen molar-refractivity contribution in [3.63, 3.8) is 0 Å². The van der Waals surface area contributed by atoms with Gasteiger partial charge in [0.1, 0.15) is 11.6 Å². The monoisotopic (exact) mass is 381 g/mol. The molecule has 0 amide bonds. The van der Waals surface area contributed by atoms with Crippen LogP contribution in [0.3, 0.4) is 0 Å². The lowest BCUT2D eigenvalue weighted by atomic mass is 10.2. The fraction of sp³-hybridized carbons (Fsp3) is 0.368. The Bertz CT molecular complexity index is 1110. The van der Waals surface area contributed by atoms with Gasteiger partial charge in [-0.1, -0.05) is 13.0 Å². The summed E-state index contributed by atoms with van der Waals surface area (Å²) in [7, 11) is 0. The molecule has 9 nitrogen and oxygen atoms in total. The minimum atomic E-state index is -0.133. The van der Waals surface area contributed by atoms with E-state index in [0.717, 1.165) is 17.7 Å². The van der Waals surface area contributed by atoms with Gasteiger partial charge in [0, 0.05) is 30.4 Å². The summed E-state index contributed by atoms with van der Waals surface area (Å²) >= 11 is 0. The topological polar surface area (TPSA) is 115 Å². The van der Waals surface area contributed by atoms with E-state index < -0.39 is 0 Å². The third-order valence-corrected chi connectivity index (χ3v) is 4.66. The van der Waals surface area contributed by atoms with Crippen LogP contribution < -0.4 is 16.6 Å². The predicted molar refractivity (Wildman–Crippen MR) is 108 cm³/mol. The number of rotatable bonds is 7. The molecule has 0 fully saturated rings. The van der Waals surface area contributed by atoms with Gasteiger partial charge in [0.05, 0.1) is 18.9 Å². The smallest absolute Gasteiger partial charge is 0.268 e. The number of fused-ring (bicyclic) bond motifs is 1. The van der Waals surface area contributed by atoms with Crippen LogP contribution in [0.2, 0.25) is 0 Å². The van der Waals surface area contributed by atoms with E-state index in [9.17, 15) is 4.79 Å². The van der Waals surface area contributed by atoms with E-state index in [1.165, 1.54) is 9.08 Å². The first-order valence-corrected chi connectivity index (χ1v) is 9.10. The van der Waals surface area contributed by atoms with E-state index in [1.54, 1.807) is 18.3 Å². The molecule has 9 heteroatoms. The molecule has 3 aromatic heterocycles. The number of anilines is 2. The van der Waals surface area contributed by atoms with Crippen molar-refractivity contribution in [2.75, 3.05) is 24.2 Å². The number of nitrogens with zero attached hydrogens (tertiary/aromatic N) is 5. The fourth-order valence-corrected chi connectivity index (χ4v) is 3.23. The van der Waals surface area contributed by atoms with Crippen LogP contribution in [-0.2, 0) is 19.4 Å². The Labute approximate surface area is 162 Å². The number of hydrogen-bond acceptors (Lipinski definition) is 6. The van der Waals surface area contributed by atoms with Crippen molar-refractivity contribution in [2.45, 2.75) is 33.2 Å². The molecule has 28 heavy (non-hydrogen) atoms. The van der Waals surface area contributed by atoms with Crippen LogP contribution in [0.15, 0.2) is 23.1 Å². The Balaban J connectivity index is 1.88. The molecule has 146 valence electrons. The SMILES string of the molecule is [C-]#[N+]c1c(NCCc2cccn(CCO)c2=O)nc2c(CC)c(C)nn2c1N. The Kier molecular flexibility index (Phi) is 5.61. The lowest BCUT2D eigenvalue weighted by Gasteiger charge is -2.11. The summed E-state index contributed by atoms with van der Waals surface area (Å²) < 4.78 is 2.99. The van der Waals surface area contributed by atoms with Crippen molar-refractivity contribution in [3.05, 3.63) is 56.9 Å². The second-order valence-corrected chi connectivity index (χ2v) is 6.39. The predicted octanol–water partition coefficient (Wildman–Crippen LogP) is 1.54. The third kappa shape index (κ3) is 3.42. The van der Waals surface area contributed by atoms with Crippen LogP contribution in [0.25, 0.3) is 10.5 Å². The molecular weight excluding hydrogens is 358 g/mol. The van der Waals surface area contributed by atoms with Crippen molar-refractivity contribution in [1.29, 1.82) is 0 Å². The molecule has 3 rings (SSSR count). The Morgan fingerprint density at radius 1 is 1.43 bits per heavy atom. The number of hydrogen-bond donors (Lipinski definition) is 3. The molecule has 0 unspecified atom stereocenters. The minimum Gasteiger partial charge on any atom is -0.395 e. The molecule has 0 aliphatic carbocycles. The van der Waals surface area contributed by atoms with Gasteiger partial charge in [-0.05, 0) is 25.8 Å². The maximum atomic E-state index is 12.4. The van der Waals surface area contributed by atoms with Crippen molar-refractivity contribution >= 4 is 23.0 Å². The molecule has 0 aromatic carbocycles. The first kappa shape index (κ1) is 19.4. The van der Waals surface area contributed by atoms with E-state index >= 15 is 0 Å². The van der Waals surface area contributed by atoms with E-state index in [2.05, 4.69) is 20.2 Å². The normalized spacial score (nSPS) is 10.9. The number of pyridine rings is 1. The molecule has 0 spiro atoms. The first-order chi connectivity index (χ1) is 13.5. The maximum absolute atomic E-state index is 12.4. The Morgan fingerprint density at radius 2 is 2.21 bits per heavy atom. The minimum absolute atomic E-state index is 0.0935. The lowest BCUT2D eigenvalue weighted by molar-refractivity contribution is 0.274. The zero-order chi connectivity index (χ0) is 20.3. The van der Waals surface area contributed by atoms with Crippen LogP contribution in [0, 0.1) is 13.5 Å². The van der Waals surface area contributed by atoms with Crippen molar-refractivity contribution in [2.24, 2.45) is 0 Å². The van der Waals surface area contributed by atoms with Crippen molar-refractivity contribution < 1.29 is 5.11 Å². The molecule has 0 aliphatic heterocycles. The summed E-state index contributed by atoms with van der Waals surface area (Å²) in [6.07, 6.45) is 2.86. The average molecular weight is 381 g/mol. The highest BCUT2D eigenvalue weighted by molar-refractivity contribution is 5.80. The number of nitrogens with one attached hydrogen (secondary N) is 1. The molecule has 3 aromatic rings. The van der Waals surface area contributed by atoms with E-state index in [4.69, 9.17) is 17.4 Å². The fourth-order valence-electron chi connectivity index (χ4n) is 3.23. The number of nitrogen functional groups attached to an aromatic ring is 1. The highest BCUT2D eigenvalue weighted by atomic mass is 16.3. The second-order valence-electron chi connectivity index (χ2n) is 6.39. The van der Waals surface area contributed by atoms with Gasteiger partial charge in [-0.3, -0.25) is 4.79 Å². The highest BCUT2D eigenvalue weighted by Gasteiger charge is 2.18. The molecule has 0 saturated heterocycles. The van der Waals surface area contributed by atoms with Gasteiger partial charge in [-0.25, -0.2) is 14.3 Å². The van der Waals surface area contributed by atoms with Gasteiger partial charge in [0.25, 0.3) is 11.2 Å². The number of aliphatic hydroxyl groups is 1. The molecule has 0 saturated carbocycles. The number of aryl methyl sites for hydroxylation is 2. The van der Waals surface area contributed by atoms with Gasteiger partial charge in [-0.2, -0.15) is 5.10 Å². The van der Waals surface area contributed by atoms with Gasteiger partial charge in [0.2, 0.25) is 0 Å². The zero-order valence-corrected chi connectivity index (χ0v) is 15.9. The second kappa shape index (κ2) is 8.10. The Morgan fingerprint density at radius 3 is 2.89 bits per heavy atom. The Hall–Kier alpha value is -3.38. The zero-order valence-electron chi connectivity index (χ0n) is 15.9. The van der Waals surface area contributed by atoms with E-state index in [0.29, 0.717) is 30.0 Å². The van der Waals surface area contributed by atoms with Crippen LogP contribution in [0.5, 0.6) is 0 Å². The maximum Gasteiger partial charge on any atom is 0.268 e. The summed E-state index contributed by atoms with van der Waals surface area (Å²) in [5.74, 6) is 0.636. The summed E-state index contributed by atoms with van der Waals surface area (Å²) in [4.78, 5) is 20.5. The quantitative estimate of drug-likeness (QED) is 0.535. The molecule has 3 heterocycles. The molecular formula is C19H23N7O2. The van der Waals surface area contributed by atoms with Gasteiger partial charge < -0.3 is 20.7 Å². The standard InChI is InChI=1S/C19H23N7O2/c1-4-14-12(2)24-26-16(20)15(21-3)17(23-18(14)26)22-8-7-13-6-5-9-25(10-11-27)19(13)28/h5-6,9,27H,4,7-8,10-11,20H2,1-2H3,(H,22,23). The van der Waals surface area contributed by atoms with Crippen molar-refractivity contribution in [1.82, 2.24) is 19.2 Å². The number of nitrogens with two attached hydrogens (primary N) is 1. The van der Waals surface area contributed by atoms with Crippen LogP contribution in [0.1, 0.15) is 23.7 Å². The largest absolute Gasteiger partial charge is 0.395 e. The van der Waals surface area contributed by atoms with E-state index in [-0.39, 0.29) is 30.2 Å². The average Bonchev–Trinajstić information content (AvgIpc) is 3.00. The van der Waals surface area contributed by atoms with Gasteiger partial charge in [0.15, 0.2) is 5.65 Å². The van der Waals surface area contributed by atoms with Crippen LogP contribution in [-0.4, -0.2) is 37.4 Å². The summed E-state index contributed by atoms with van der Waals surface area (Å²) in [6.45, 7) is 12.0. The molecule has 0 bridgehead atoms. The van der Waals surface area contributed by atoms with Gasteiger partial charge in [-0.15, -0.1) is 0 Å². The van der Waals surface area contributed by atoms with Crippen LogP contribution in [0.4, 0.5) is 17.3 Å². The molecule has 0 aliphatic rings. The summed E-state index contributed by atoms with van der Waals surface area (Å²) in [5.41, 5.74) is 9.32.